The maximum Gasteiger partial charge on any atom is 0.125 e. The van der Waals surface area contributed by atoms with E-state index in [1.165, 1.54) is 12.1 Å². The Bertz CT molecular complexity index is 268. The lowest BCUT2D eigenvalue weighted by Gasteiger charge is -2.06. The van der Waals surface area contributed by atoms with Crippen molar-refractivity contribution in [2.24, 2.45) is 0 Å². The number of halogens is 1. The average molecular weight is 197 g/mol. The maximum atomic E-state index is 12.9. The molecule has 0 heterocycles. The van der Waals surface area contributed by atoms with Gasteiger partial charge < -0.3 is 10.4 Å². The lowest BCUT2D eigenvalue weighted by Crippen LogP contribution is -2.02. The normalized spacial score (nSPS) is 10.2. The number of nitrogens with one attached hydrogen (secondary N) is 1. The van der Waals surface area contributed by atoms with Gasteiger partial charge in [0, 0.05) is 18.8 Å². The highest BCUT2D eigenvalue weighted by Crippen LogP contribution is 2.13. The van der Waals surface area contributed by atoms with Crippen LogP contribution in [-0.2, 0) is 0 Å². The van der Waals surface area contributed by atoms with Gasteiger partial charge in [-0.25, -0.2) is 4.39 Å². The van der Waals surface area contributed by atoms with Gasteiger partial charge in [0.15, 0.2) is 0 Å². The number of aliphatic hydroxyl groups excluding tert-OH is 1. The van der Waals surface area contributed by atoms with E-state index < -0.39 is 0 Å². The van der Waals surface area contributed by atoms with E-state index in [0.717, 1.165) is 30.6 Å². The highest BCUT2D eigenvalue weighted by atomic mass is 19.1. The van der Waals surface area contributed by atoms with Crippen molar-refractivity contribution in [1.82, 2.24) is 0 Å². The lowest BCUT2D eigenvalue weighted by molar-refractivity contribution is 0.286. The van der Waals surface area contributed by atoms with Crippen LogP contribution in [0.5, 0.6) is 0 Å². The summed E-state index contributed by atoms with van der Waals surface area (Å²) in [6.45, 7) is 2.84. The SMILES string of the molecule is Cc1cc(F)cc(NCCCCO)c1. The van der Waals surface area contributed by atoms with Gasteiger partial charge in [-0.1, -0.05) is 0 Å². The Balaban J connectivity index is 2.42. The van der Waals surface area contributed by atoms with Gasteiger partial charge in [0.05, 0.1) is 0 Å². The molecular formula is C11H16FNO. The van der Waals surface area contributed by atoms with Gasteiger partial charge in [-0.2, -0.15) is 0 Å². The molecule has 0 atom stereocenters. The van der Waals surface area contributed by atoms with Crippen molar-refractivity contribution >= 4 is 5.69 Å². The van der Waals surface area contributed by atoms with E-state index in [4.69, 9.17) is 5.11 Å². The summed E-state index contributed by atoms with van der Waals surface area (Å²) >= 11 is 0. The van der Waals surface area contributed by atoms with E-state index in [1.807, 2.05) is 13.0 Å². The second kappa shape index (κ2) is 5.60. The van der Waals surface area contributed by atoms with Crippen molar-refractivity contribution in [3.05, 3.63) is 29.6 Å². The highest BCUT2D eigenvalue weighted by molar-refractivity contribution is 5.45. The van der Waals surface area contributed by atoms with Gasteiger partial charge in [0.2, 0.25) is 0 Å². The minimum atomic E-state index is -0.213. The molecule has 3 heteroatoms. The molecule has 0 saturated heterocycles. The Morgan fingerprint density at radius 1 is 1.29 bits per heavy atom. The molecule has 0 aromatic heterocycles. The Hall–Kier alpha value is -1.09. The summed E-state index contributed by atoms with van der Waals surface area (Å²) in [5.74, 6) is -0.213. The van der Waals surface area contributed by atoms with E-state index >= 15 is 0 Å². The fraction of sp³-hybridized carbons (Fsp3) is 0.455. The second-order valence-electron chi connectivity index (χ2n) is 3.37. The van der Waals surface area contributed by atoms with Gasteiger partial charge in [-0.15, -0.1) is 0 Å². The molecule has 0 fully saturated rings. The first-order valence-corrected chi connectivity index (χ1v) is 4.84. The number of anilines is 1. The van der Waals surface area contributed by atoms with Gasteiger partial charge in [0.25, 0.3) is 0 Å². The van der Waals surface area contributed by atoms with Crippen LogP contribution < -0.4 is 5.32 Å². The molecule has 0 amide bonds. The molecule has 2 nitrogen and oxygen atoms in total. The smallest absolute Gasteiger partial charge is 0.125 e. The monoisotopic (exact) mass is 197 g/mol. The topological polar surface area (TPSA) is 32.3 Å². The zero-order valence-electron chi connectivity index (χ0n) is 8.39. The van der Waals surface area contributed by atoms with Gasteiger partial charge >= 0.3 is 0 Å². The van der Waals surface area contributed by atoms with Crippen molar-refractivity contribution in [2.45, 2.75) is 19.8 Å². The molecule has 0 aliphatic rings. The predicted octanol–water partition coefficient (Wildman–Crippen LogP) is 2.32. The summed E-state index contributed by atoms with van der Waals surface area (Å²) in [5, 5.41) is 11.7. The van der Waals surface area contributed by atoms with E-state index in [9.17, 15) is 4.39 Å². The molecule has 0 aliphatic carbocycles. The largest absolute Gasteiger partial charge is 0.396 e. The lowest BCUT2D eigenvalue weighted by atomic mass is 10.2. The van der Waals surface area contributed by atoms with Crippen LogP contribution >= 0.6 is 0 Å². The van der Waals surface area contributed by atoms with E-state index in [-0.39, 0.29) is 12.4 Å². The summed E-state index contributed by atoms with van der Waals surface area (Å²) in [5.41, 5.74) is 1.72. The Labute approximate surface area is 83.8 Å². The van der Waals surface area contributed by atoms with Crippen molar-refractivity contribution < 1.29 is 9.50 Å². The molecule has 1 aromatic rings. The van der Waals surface area contributed by atoms with Crippen LogP contribution in [0.1, 0.15) is 18.4 Å². The Morgan fingerprint density at radius 3 is 2.71 bits per heavy atom. The number of hydrogen-bond acceptors (Lipinski definition) is 2. The Kier molecular flexibility index (Phi) is 4.40. The van der Waals surface area contributed by atoms with Crippen LogP contribution in [0.15, 0.2) is 18.2 Å². The molecule has 14 heavy (non-hydrogen) atoms. The van der Waals surface area contributed by atoms with Crippen LogP contribution in [0.2, 0.25) is 0 Å². The van der Waals surface area contributed by atoms with Crippen LogP contribution in [0.25, 0.3) is 0 Å². The summed E-state index contributed by atoms with van der Waals surface area (Å²) in [4.78, 5) is 0. The van der Waals surface area contributed by atoms with E-state index in [1.54, 1.807) is 0 Å². The fourth-order valence-electron chi connectivity index (χ4n) is 1.31. The van der Waals surface area contributed by atoms with Crippen LogP contribution in [0.3, 0.4) is 0 Å². The number of benzene rings is 1. The van der Waals surface area contributed by atoms with Gasteiger partial charge in [-0.3, -0.25) is 0 Å². The minimum absolute atomic E-state index is 0.212. The zero-order valence-corrected chi connectivity index (χ0v) is 8.39. The molecule has 2 N–H and O–H groups in total. The van der Waals surface area contributed by atoms with Gasteiger partial charge in [0.1, 0.15) is 5.82 Å². The molecule has 0 radical (unpaired) electrons. The van der Waals surface area contributed by atoms with Crippen LogP contribution in [0, 0.1) is 12.7 Å². The third-order valence-electron chi connectivity index (χ3n) is 1.96. The molecule has 1 aromatic carbocycles. The van der Waals surface area contributed by atoms with Gasteiger partial charge in [-0.05, 0) is 43.5 Å². The predicted molar refractivity (Wildman–Crippen MR) is 55.9 cm³/mol. The number of aliphatic hydroxyl groups is 1. The molecule has 0 aliphatic heterocycles. The molecule has 78 valence electrons. The molecule has 0 saturated carbocycles. The first-order valence-electron chi connectivity index (χ1n) is 4.84. The second-order valence-corrected chi connectivity index (χ2v) is 3.37. The molecule has 0 spiro atoms. The van der Waals surface area contributed by atoms with E-state index in [2.05, 4.69) is 5.32 Å². The quantitative estimate of drug-likeness (QED) is 0.710. The van der Waals surface area contributed by atoms with Crippen molar-refractivity contribution in [3.63, 3.8) is 0 Å². The number of aryl methyl sites for hydroxylation is 1. The maximum absolute atomic E-state index is 12.9. The minimum Gasteiger partial charge on any atom is -0.396 e. The third kappa shape index (κ3) is 3.75. The molecule has 1 rings (SSSR count). The molecular weight excluding hydrogens is 181 g/mol. The third-order valence-corrected chi connectivity index (χ3v) is 1.96. The molecule has 0 unspecified atom stereocenters. The van der Waals surface area contributed by atoms with Crippen molar-refractivity contribution in [3.8, 4) is 0 Å². The summed E-state index contributed by atoms with van der Waals surface area (Å²) < 4.78 is 12.9. The average Bonchev–Trinajstić information content (AvgIpc) is 2.11. The van der Waals surface area contributed by atoms with Crippen molar-refractivity contribution in [1.29, 1.82) is 0 Å². The van der Waals surface area contributed by atoms with Crippen LogP contribution in [0.4, 0.5) is 10.1 Å². The molecule has 0 bridgehead atoms. The highest BCUT2D eigenvalue weighted by Gasteiger charge is 1.96. The number of rotatable bonds is 5. The summed E-state index contributed by atoms with van der Waals surface area (Å²) in [6.07, 6.45) is 1.67. The Morgan fingerprint density at radius 2 is 2.07 bits per heavy atom. The standard InChI is InChI=1S/C11H16FNO/c1-9-6-10(12)8-11(7-9)13-4-2-3-5-14/h6-8,13-14H,2-5H2,1H3. The number of hydrogen-bond donors (Lipinski definition) is 2. The summed E-state index contributed by atoms with van der Waals surface area (Å²) in [6, 6.07) is 4.88. The van der Waals surface area contributed by atoms with Crippen LogP contribution in [-0.4, -0.2) is 18.3 Å². The van der Waals surface area contributed by atoms with Crippen molar-refractivity contribution in [2.75, 3.05) is 18.5 Å². The fourth-order valence-corrected chi connectivity index (χ4v) is 1.31. The van der Waals surface area contributed by atoms with E-state index in [0.29, 0.717) is 0 Å². The first-order chi connectivity index (χ1) is 6.72. The number of unbranched alkanes of at least 4 members (excludes halogenated alkanes) is 1. The first kappa shape index (κ1) is 11.0. The summed E-state index contributed by atoms with van der Waals surface area (Å²) in [7, 11) is 0. The zero-order chi connectivity index (χ0) is 10.4.